The molecule has 0 aromatic heterocycles. The molecule has 1 fully saturated rings. The van der Waals surface area contributed by atoms with Crippen LogP contribution in [0.2, 0.25) is 0 Å². The van der Waals surface area contributed by atoms with Crippen molar-refractivity contribution in [1.82, 2.24) is 4.90 Å². The standard InChI is InChI=1S/C25H28FNO2/c1-16-5-3-7-22-20(16)10-9-19(15-24(22)28)25(29)27-13-11-18(12-14-27)21-6-4-8-23(26)17(21)2/h3-8,18-19H,9-15H2,1-2H3. The van der Waals surface area contributed by atoms with E-state index in [9.17, 15) is 14.0 Å². The van der Waals surface area contributed by atoms with E-state index in [1.54, 1.807) is 6.07 Å². The van der Waals surface area contributed by atoms with Crippen LogP contribution in [0.15, 0.2) is 36.4 Å². The molecule has 1 aliphatic carbocycles. The van der Waals surface area contributed by atoms with E-state index in [1.807, 2.05) is 43.0 Å². The third kappa shape index (κ3) is 3.85. The maximum atomic E-state index is 13.9. The van der Waals surface area contributed by atoms with Crippen molar-refractivity contribution in [2.75, 3.05) is 13.1 Å². The molecule has 152 valence electrons. The van der Waals surface area contributed by atoms with Crippen LogP contribution in [0, 0.1) is 25.6 Å². The second-order valence-corrected chi connectivity index (χ2v) is 8.52. The van der Waals surface area contributed by atoms with Crippen LogP contribution in [0.1, 0.15) is 64.2 Å². The summed E-state index contributed by atoms with van der Waals surface area (Å²) >= 11 is 0. The summed E-state index contributed by atoms with van der Waals surface area (Å²) in [6.45, 7) is 5.22. The fraction of sp³-hybridized carbons (Fsp3) is 0.440. The lowest BCUT2D eigenvalue weighted by atomic mass is 9.86. The number of halogens is 1. The first-order chi connectivity index (χ1) is 14.0. The summed E-state index contributed by atoms with van der Waals surface area (Å²) < 4.78 is 13.9. The Labute approximate surface area is 171 Å². The van der Waals surface area contributed by atoms with Crippen LogP contribution < -0.4 is 0 Å². The molecule has 2 aromatic rings. The molecule has 1 saturated heterocycles. The van der Waals surface area contributed by atoms with Gasteiger partial charge in [0.2, 0.25) is 5.91 Å². The van der Waals surface area contributed by atoms with Gasteiger partial charge in [0, 0.05) is 31.0 Å². The van der Waals surface area contributed by atoms with Gasteiger partial charge in [-0.2, -0.15) is 0 Å². The lowest BCUT2D eigenvalue weighted by Gasteiger charge is -2.34. The number of benzene rings is 2. The number of carbonyl (C=O) groups excluding carboxylic acids is 2. The molecule has 2 aliphatic rings. The van der Waals surface area contributed by atoms with Crippen LogP contribution in [-0.2, 0) is 11.2 Å². The fourth-order valence-corrected chi connectivity index (χ4v) is 5.00. The number of nitrogens with zero attached hydrogens (tertiary/aromatic N) is 1. The second kappa shape index (κ2) is 8.10. The predicted octanol–water partition coefficient (Wildman–Crippen LogP) is 4.98. The van der Waals surface area contributed by atoms with Crippen molar-refractivity contribution in [3.63, 3.8) is 0 Å². The van der Waals surface area contributed by atoms with Crippen LogP contribution in [0.3, 0.4) is 0 Å². The fourth-order valence-electron chi connectivity index (χ4n) is 5.00. The van der Waals surface area contributed by atoms with Gasteiger partial charge in [0.1, 0.15) is 5.82 Å². The van der Waals surface area contributed by atoms with E-state index < -0.39 is 0 Å². The summed E-state index contributed by atoms with van der Waals surface area (Å²) in [5.74, 6) is 0.0926. The summed E-state index contributed by atoms with van der Waals surface area (Å²) in [5, 5.41) is 0. The van der Waals surface area contributed by atoms with Crippen LogP contribution in [0.25, 0.3) is 0 Å². The molecule has 0 N–H and O–H groups in total. The second-order valence-electron chi connectivity index (χ2n) is 8.52. The zero-order valence-corrected chi connectivity index (χ0v) is 17.2. The first-order valence-corrected chi connectivity index (χ1v) is 10.6. The molecule has 4 heteroatoms. The van der Waals surface area contributed by atoms with Gasteiger partial charge in [-0.05, 0) is 73.8 Å². The van der Waals surface area contributed by atoms with E-state index in [2.05, 4.69) is 0 Å². The smallest absolute Gasteiger partial charge is 0.226 e. The molecule has 1 amide bonds. The van der Waals surface area contributed by atoms with Crippen molar-refractivity contribution in [2.45, 2.75) is 51.9 Å². The highest BCUT2D eigenvalue weighted by molar-refractivity contribution is 6.00. The molecule has 1 aliphatic heterocycles. The van der Waals surface area contributed by atoms with E-state index >= 15 is 0 Å². The van der Waals surface area contributed by atoms with Gasteiger partial charge < -0.3 is 4.90 Å². The van der Waals surface area contributed by atoms with Crippen LogP contribution in [0.5, 0.6) is 0 Å². The summed E-state index contributed by atoms with van der Waals surface area (Å²) in [6, 6.07) is 11.1. The van der Waals surface area contributed by atoms with E-state index in [-0.39, 0.29) is 29.3 Å². The number of hydrogen-bond acceptors (Lipinski definition) is 2. The topological polar surface area (TPSA) is 37.4 Å². The predicted molar refractivity (Wildman–Crippen MR) is 112 cm³/mol. The summed E-state index contributed by atoms with van der Waals surface area (Å²) in [5.41, 5.74) is 4.82. The third-order valence-electron chi connectivity index (χ3n) is 6.79. The molecule has 2 aromatic carbocycles. The van der Waals surface area contributed by atoms with Gasteiger partial charge in [-0.3, -0.25) is 9.59 Å². The minimum Gasteiger partial charge on any atom is -0.342 e. The van der Waals surface area contributed by atoms with Gasteiger partial charge >= 0.3 is 0 Å². The van der Waals surface area contributed by atoms with E-state index in [4.69, 9.17) is 0 Å². The Kier molecular flexibility index (Phi) is 5.53. The molecule has 0 spiro atoms. The minimum atomic E-state index is -0.234. The summed E-state index contributed by atoms with van der Waals surface area (Å²) in [6.07, 6.45) is 3.50. The molecule has 0 radical (unpaired) electrons. The van der Waals surface area contributed by atoms with Crippen molar-refractivity contribution in [3.05, 3.63) is 70.0 Å². The maximum Gasteiger partial charge on any atom is 0.226 e. The lowest BCUT2D eigenvalue weighted by molar-refractivity contribution is -0.136. The average Bonchev–Trinajstić information content (AvgIpc) is 2.90. The number of amides is 1. The number of ketones is 1. The number of Topliss-reactive ketones (excluding diaryl/α,β-unsaturated/α-hetero) is 1. The number of aryl methyl sites for hydroxylation is 1. The van der Waals surface area contributed by atoms with Crippen molar-refractivity contribution in [2.24, 2.45) is 5.92 Å². The zero-order valence-electron chi connectivity index (χ0n) is 17.2. The van der Waals surface area contributed by atoms with Gasteiger partial charge in [-0.15, -0.1) is 0 Å². The molecule has 0 bridgehead atoms. The third-order valence-corrected chi connectivity index (χ3v) is 6.79. The Bertz CT molecular complexity index is 944. The zero-order chi connectivity index (χ0) is 20.5. The van der Waals surface area contributed by atoms with Gasteiger partial charge in [-0.25, -0.2) is 4.39 Å². The normalized spacial score (nSPS) is 20.3. The van der Waals surface area contributed by atoms with Gasteiger partial charge in [0.25, 0.3) is 0 Å². The van der Waals surface area contributed by atoms with Gasteiger partial charge in [0.15, 0.2) is 5.78 Å². The Morgan fingerprint density at radius 3 is 2.52 bits per heavy atom. The van der Waals surface area contributed by atoms with E-state index in [1.165, 1.54) is 6.07 Å². The quantitative estimate of drug-likeness (QED) is 0.675. The monoisotopic (exact) mass is 393 g/mol. The molecule has 1 heterocycles. The Morgan fingerprint density at radius 1 is 1.03 bits per heavy atom. The van der Waals surface area contributed by atoms with Crippen molar-refractivity contribution in [3.8, 4) is 0 Å². The number of likely N-dealkylation sites (tertiary alicyclic amines) is 1. The number of rotatable bonds is 2. The van der Waals surface area contributed by atoms with Crippen LogP contribution >= 0.6 is 0 Å². The van der Waals surface area contributed by atoms with Crippen LogP contribution in [-0.4, -0.2) is 29.7 Å². The highest BCUT2D eigenvalue weighted by Gasteiger charge is 2.33. The number of piperidine rings is 1. The molecule has 29 heavy (non-hydrogen) atoms. The van der Waals surface area contributed by atoms with E-state index in [0.717, 1.165) is 53.5 Å². The van der Waals surface area contributed by atoms with Crippen molar-refractivity contribution in [1.29, 1.82) is 0 Å². The molecule has 0 saturated carbocycles. The Morgan fingerprint density at radius 2 is 1.76 bits per heavy atom. The highest BCUT2D eigenvalue weighted by atomic mass is 19.1. The highest BCUT2D eigenvalue weighted by Crippen LogP contribution is 2.33. The van der Waals surface area contributed by atoms with Crippen molar-refractivity contribution < 1.29 is 14.0 Å². The molecular weight excluding hydrogens is 365 g/mol. The Hall–Kier alpha value is -2.49. The molecule has 3 nitrogen and oxygen atoms in total. The van der Waals surface area contributed by atoms with E-state index in [0.29, 0.717) is 19.5 Å². The average molecular weight is 394 g/mol. The summed E-state index contributed by atoms with van der Waals surface area (Å²) in [7, 11) is 0. The van der Waals surface area contributed by atoms with Crippen LogP contribution in [0.4, 0.5) is 4.39 Å². The molecular formula is C25H28FNO2. The van der Waals surface area contributed by atoms with Crippen molar-refractivity contribution >= 4 is 11.7 Å². The first kappa shape index (κ1) is 19.8. The number of fused-ring (bicyclic) bond motifs is 1. The largest absolute Gasteiger partial charge is 0.342 e. The van der Waals surface area contributed by atoms with Gasteiger partial charge in [-0.1, -0.05) is 30.3 Å². The minimum absolute atomic E-state index is 0.0878. The molecule has 1 unspecified atom stereocenters. The first-order valence-electron chi connectivity index (χ1n) is 10.6. The number of hydrogen-bond donors (Lipinski definition) is 0. The number of carbonyl (C=O) groups is 2. The summed E-state index contributed by atoms with van der Waals surface area (Å²) in [4.78, 5) is 27.8. The molecule has 4 rings (SSSR count). The lowest BCUT2D eigenvalue weighted by Crippen LogP contribution is -2.42. The molecule has 1 atom stereocenters. The SMILES string of the molecule is Cc1cccc2c1CCC(C(=O)N1CCC(c3cccc(F)c3C)CC1)CC2=O. The Balaban J connectivity index is 1.42. The van der Waals surface area contributed by atoms with Gasteiger partial charge in [0.05, 0.1) is 0 Å². The maximum absolute atomic E-state index is 13.9.